The number of phenolic OH excluding ortho intramolecular Hbond substituents is 1. The minimum atomic E-state index is -0.625. The molecule has 0 aliphatic heterocycles. The first-order valence-electron chi connectivity index (χ1n) is 7.13. The van der Waals surface area contributed by atoms with E-state index in [4.69, 9.17) is 9.84 Å². The van der Waals surface area contributed by atoms with Crippen LogP contribution in [0.1, 0.15) is 25.3 Å². The topological polar surface area (TPSA) is 41.5 Å². The minimum Gasteiger partial charge on any atom is -0.505 e. The first-order valence-corrected chi connectivity index (χ1v) is 7.13. The van der Waals surface area contributed by atoms with Gasteiger partial charge in [0.05, 0.1) is 6.61 Å². The summed E-state index contributed by atoms with van der Waals surface area (Å²) in [6.07, 6.45) is 2.17. The molecule has 0 spiro atoms. The number of anilines is 1. The lowest BCUT2D eigenvalue weighted by molar-refractivity contribution is 0.309. The van der Waals surface area contributed by atoms with Gasteiger partial charge in [-0.05, 0) is 36.2 Å². The van der Waals surface area contributed by atoms with Gasteiger partial charge in [-0.3, -0.25) is 0 Å². The highest BCUT2D eigenvalue weighted by Gasteiger charge is 2.01. The molecule has 0 saturated carbocycles. The number of hydrogen-bond donors (Lipinski definition) is 2. The summed E-state index contributed by atoms with van der Waals surface area (Å²) in [7, 11) is 0. The van der Waals surface area contributed by atoms with Crippen LogP contribution < -0.4 is 10.1 Å². The van der Waals surface area contributed by atoms with Crippen molar-refractivity contribution in [3.63, 3.8) is 0 Å². The standard InChI is InChI=1S/C17H20FNO2/c1-2-3-10-21-15-7-4-13(5-8-15)12-19-14-6-9-17(20)16(18)11-14/h4-9,11,19-20H,2-3,10,12H2,1H3. The van der Waals surface area contributed by atoms with Crippen LogP contribution in [0.25, 0.3) is 0 Å². The van der Waals surface area contributed by atoms with E-state index in [0.717, 1.165) is 30.8 Å². The van der Waals surface area contributed by atoms with Crippen molar-refractivity contribution in [3.8, 4) is 11.5 Å². The fraction of sp³-hybridized carbons (Fsp3) is 0.294. The van der Waals surface area contributed by atoms with Crippen molar-refractivity contribution in [2.45, 2.75) is 26.3 Å². The number of aromatic hydroxyl groups is 1. The quantitative estimate of drug-likeness (QED) is 0.589. The van der Waals surface area contributed by atoms with E-state index in [-0.39, 0.29) is 5.75 Å². The van der Waals surface area contributed by atoms with Crippen LogP contribution in [-0.4, -0.2) is 11.7 Å². The smallest absolute Gasteiger partial charge is 0.166 e. The van der Waals surface area contributed by atoms with E-state index < -0.39 is 5.82 Å². The molecule has 2 aromatic rings. The molecular weight excluding hydrogens is 269 g/mol. The molecule has 0 amide bonds. The van der Waals surface area contributed by atoms with Crippen LogP contribution >= 0.6 is 0 Å². The Labute approximate surface area is 124 Å². The molecule has 0 fully saturated rings. The third-order valence-electron chi connectivity index (χ3n) is 3.13. The maximum absolute atomic E-state index is 13.2. The van der Waals surface area contributed by atoms with E-state index in [1.807, 2.05) is 24.3 Å². The van der Waals surface area contributed by atoms with Crippen LogP contribution in [0.5, 0.6) is 11.5 Å². The molecule has 0 heterocycles. The Balaban J connectivity index is 1.86. The molecule has 0 radical (unpaired) electrons. The number of ether oxygens (including phenoxy) is 1. The molecule has 0 saturated heterocycles. The Morgan fingerprint density at radius 2 is 1.90 bits per heavy atom. The average molecular weight is 289 g/mol. The monoisotopic (exact) mass is 289 g/mol. The highest BCUT2D eigenvalue weighted by molar-refractivity contribution is 5.47. The van der Waals surface area contributed by atoms with E-state index in [9.17, 15) is 4.39 Å². The molecule has 3 nitrogen and oxygen atoms in total. The summed E-state index contributed by atoms with van der Waals surface area (Å²) < 4.78 is 18.8. The molecule has 0 aromatic heterocycles. The van der Waals surface area contributed by atoms with Gasteiger partial charge >= 0.3 is 0 Å². The average Bonchev–Trinajstić information content (AvgIpc) is 2.50. The largest absolute Gasteiger partial charge is 0.505 e. The van der Waals surface area contributed by atoms with Crippen molar-refractivity contribution >= 4 is 5.69 Å². The molecule has 21 heavy (non-hydrogen) atoms. The highest BCUT2D eigenvalue weighted by Crippen LogP contribution is 2.20. The predicted octanol–water partition coefficient (Wildman–Crippen LogP) is 4.32. The maximum Gasteiger partial charge on any atom is 0.166 e. The van der Waals surface area contributed by atoms with E-state index in [1.165, 1.54) is 12.1 Å². The van der Waals surface area contributed by atoms with Crippen LogP contribution in [0.3, 0.4) is 0 Å². The van der Waals surface area contributed by atoms with Crippen molar-refractivity contribution in [1.82, 2.24) is 0 Å². The van der Waals surface area contributed by atoms with Crippen LogP contribution in [0, 0.1) is 5.82 Å². The molecule has 4 heteroatoms. The first-order chi connectivity index (χ1) is 10.2. The molecule has 0 aliphatic rings. The predicted molar refractivity (Wildman–Crippen MR) is 82.2 cm³/mol. The molecule has 0 aliphatic carbocycles. The number of rotatable bonds is 7. The third kappa shape index (κ3) is 4.67. The fourth-order valence-electron chi connectivity index (χ4n) is 1.86. The van der Waals surface area contributed by atoms with Crippen molar-refractivity contribution in [3.05, 3.63) is 53.8 Å². The van der Waals surface area contributed by atoms with Gasteiger partial charge in [-0.25, -0.2) is 4.39 Å². The Morgan fingerprint density at radius 1 is 1.14 bits per heavy atom. The number of benzene rings is 2. The Hall–Kier alpha value is -2.23. The number of halogens is 1. The normalized spacial score (nSPS) is 10.4. The molecule has 2 aromatic carbocycles. The van der Waals surface area contributed by atoms with E-state index >= 15 is 0 Å². The second-order valence-corrected chi connectivity index (χ2v) is 4.87. The number of nitrogens with one attached hydrogen (secondary N) is 1. The van der Waals surface area contributed by atoms with Crippen molar-refractivity contribution < 1.29 is 14.2 Å². The van der Waals surface area contributed by atoms with Crippen LogP contribution in [0.2, 0.25) is 0 Å². The molecule has 2 rings (SSSR count). The van der Waals surface area contributed by atoms with Crippen LogP contribution in [0.15, 0.2) is 42.5 Å². The maximum atomic E-state index is 13.2. The Bertz CT molecular complexity index is 570. The SMILES string of the molecule is CCCCOc1ccc(CNc2ccc(O)c(F)c2)cc1. The summed E-state index contributed by atoms with van der Waals surface area (Å²) in [5, 5.41) is 12.2. The van der Waals surface area contributed by atoms with Gasteiger partial charge in [0, 0.05) is 18.3 Å². The van der Waals surface area contributed by atoms with E-state index in [0.29, 0.717) is 12.2 Å². The van der Waals surface area contributed by atoms with E-state index in [2.05, 4.69) is 12.2 Å². The van der Waals surface area contributed by atoms with Gasteiger partial charge in [-0.15, -0.1) is 0 Å². The zero-order chi connectivity index (χ0) is 15.1. The van der Waals surface area contributed by atoms with Gasteiger partial charge in [-0.1, -0.05) is 25.5 Å². The van der Waals surface area contributed by atoms with Gasteiger partial charge in [-0.2, -0.15) is 0 Å². The summed E-state index contributed by atoms with van der Waals surface area (Å²) in [5.74, 6) is -0.100. The zero-order valence-corrected chi connectivity index (χ0v) is 12.1. The Kier molecular flexibility index (Phi) is 5.43. The molecule has 0 atom stereocenters. The summed E-state index contributed by atoms with van der Waals surface area (Å²) >= 11 is 0. The third-order valence-corrected chi connectivity index (χ3v) is 3.13. The Morgan fingerprint density at radius 3 is 2.57 bits per heavy atom. The second-order valence-electron chi connectivity index (χ2n) is 4.87. The number of unbranched alkanes of at least 4 members (excludes halogenated alkanes) is 1. The lowest BCUT2D eigenvalue weighted by atomic mass is 10.2. The van der Waals surface area contributed by atoms with Gasteiger partial charge in [0.1, 0.15) is 5.75 Å². The minimum absolute atomic E-state index is 0.339. The van der Waals surface area contributed by atoms with Gasteiger partial charge < -0.3 is 15.2 Å². The molecule has 112 valence electrons. The summed E-state index contributed by atoms with van der Waals surface area (Å²) in [6, 6.07) is 12.1. The van der Waals surface area contributed by atoms with Gasteiger partial charge in [0.2, 0.25) is 0 Å². The molecular formula is C17H20FNO2. The summed E-state index contributed by atoms with van der Waals surface area (Å²) in [4.78, 5) is 0. The number of hydrogen-bond acceptors (Lipinski definition) is 3. The zero-order valence-electron chi connectivity index (χ0n) is 12.1. The highest BCUT2D eigenvalue weighted by atomic mass is 19.1. The first kappa shape index (κ1) is 15.2. The lowest BCUT2D eigenvalue weighted by Gasteiger charge is -2.09. The van der Waals surface area contributed by atoms with Crippen molar-refractivity contribution in [2.75, 3.05) is 11.9 Å². The fourth-order valence-corrected chi connectivity index (χ4v) is 1.86. The molecule has 2 N–H and O–H groups in total. The molecule has 0 unspecified atom stereocenters. The van der Waals surface area contributed by atoms with Crippen molar-refractivity contribution in [2.24, 2.45) is 0 Å². The number of phenols is 1. The van der Waals surface area contributed by atoms with E-state index in [1.54, 1.807) is 6.07 Å². The van der Waals surface area contributed by atoms with Crippen LogP contribution in [-0.2, 0) is 6.54 Å². The summed E-state index contributed by atoms with van der Waals surface area (Å²) in [5.41, 5.74) is 1.71. The van der Waals surface area contributed by atoms with Gasteiger partial charge in [0.25, 0.3) is 0 Å². The second kappa shape index (κ2) is 7.53. The molecule has 0 bridgehead atoms. The van der Waals surface area contributed by atoms with Crippen molar-refractivity contribution in [1.29, 1.82) is 0 Å². The van der Waals surface area contributed by atoms with Gasteiger partial charge in [0.15, 0.2) is 11.6 Å². The summed E-state index contributed by atoms with van der Waals surface area (Å²) in [6.45, 7) is 3.45. The lowest BCUT2D eigenvalue weighted by Crippen LogP contribution is -2.00. The van der Waals surface area contributed by atoms with Crippen LogP contribution in [0.4, 0.5) is 10.1 Å².